The molecule has 0 aliphatic heterocycles. The van der Waals surface area contributed by atoms with Crippen LogP contribution in [0.1, 0.15) is 11.4 Å². The zero-order chi connectivity index (χ0) is 11.5. The van der Waals surface area contributed by atoms with Crippen molar-refractivity contribution < 1.29 is 0 Å². The van der Waals surface area contributed by atoms with Crippen LogP contribution in [0.2, 0.25) is 10.2 Å². The number of rotatable bonds is 3. The molecule has 0 aromatic carbocycles. The smallest absolute Gasteiger partial charge is 0.150 e. The second-order valence-corrected chi connectivity index (χ2v) is 5.98. The van der Waals surface area contributed by atoms with Gasteiger partial charge in [0.2, 0.25) is 0 Å². The van der Waals surface area contributed by atoms with E-state index < -0.39 is 0 Å². The monoisotopic (exact) mass is 290 g/mol. The van der Waals surface area contributed by atoms with Gasteiger partial charge in [0.05, 0.1) is 10.7 Å². The van der Waals surface area contributed by atoms with Crippen LogP contribution in [-0.4, -0.2) is 9.97 Å². The first-order valence-electron chi connectivity index (χ1n) is 4.51. The first-order valence-corrected chi connectivity index (χ1v) is 7.13. The van der Waals surface area contributed by atoms with Crippen LogP contribution in [0, 0.1) is 6.92 Å². The van der Waals surface area contributed by atoms with Gasteiger partial charge in [0.25, 0.3) is 0 Å². The van der Waals surface area contributed by atoms with Gasteiger partial charge in [0.15, 0.2) is 0 Å². The zero-order valence-corrected chi connectivity index (χ0v) is 11.6. The molecule has 6 heteroatoms. The Labute approximate surface area is 112 Å². The Balaban J connectivity index is 2.07. The van der Waals surface area contributed by atoms with Crippen LogP contribution < -0.4 is 0 Å². The van der Waals surface area contributed by atoms with Crippen molar-refractivity contribution in [1.82, 2.24) is 9.97 Å². The van der Waals surface area contributed by atoms with Crippen LogP contribution in [0.25, 0.3) is 0 Å². The lowest BCUT2D eigenvalue weighted by atomic mass is 10.4. The summed E-state index contributed by atoms with van der Waals surface area (Å²) >= 11 is 15.1. The fourth-order valence-corrected chi connectivity index (χ4v) is 3.31. The van der Waals surface area contributed by atoms with Gasteiger partial charge in [0.1, 0.15) is 9.49 Å². The van der Waals surface area contributed by atoms with Crippen LogP contribution in [0.5, 0.6) is 0 Å². The molecule has 2 heterocycles. The Morgan fingerprint density at radius 3 is 2.81 bits per heavy atom. The van der Waals surface area contributed by atoms with Crippen LogP contribution >= 0.6 is 46.3 Å². The number of thiazole rings is 1. The first-order chi connectivity index (χ1) is 7.65. The second kappa shape index (κ2) is 5.36. The van der Waals surface area contributed by atoms with Crippen molar-refractivity contribution in [3.63, 3.8) is 0 Å². The summed E-state index contributed by atoms with van der Waals surface area (Å²) in [6.07, 6.45) is 0. The lowest BCUT2D eigenvalue weighted by Gasteiger charge is -2.01. The molecule has 0 fully saturated rings. The summed E-state index contributed by atoms with van der Waals surface area (Å²) in [5, 5.41) is 3.13. The van der Waals surface area contributed by atoms with E-state index >= 15 is 0 Å². The molecule has 0 N–H and O–H groups in total. The predicted molar refractivity (Wildman–Crippen MR) is 70.7 cm³/mol. The van der Waals surface area contributed by atoms with Gasteiger partial charge in [-0.1, -0.05) is 35.0 Å². The highest BCUT2D eigenvalue weighted by atomic mass is 35.5. The van der Waals surface area contributed by atoms with Crippen molar-refractivity contribution in [2.75, 3.05) is 0 Å². The third-order valence-electron chi connectivity index (χ3n) is 1.81. The average Bonchev–Trinajstić information content (AvgIpc) is 2.66. The van der Waals surface area contributed by atoms with E-state index in [0.29, 0.717) is 15.9 Å². The van der Waals surface area contributed by atoms with Crippen LogP contribution in [-0.2, 0) is 5.75 Å². The topological polar surface area (TPSA) is 25.8 Å². The van der Waals surface area contributed by atoms with Gasteiger partial charge >= 0.3 is 0 Å². The Hall–Kier alpha value is -0.290. The van der Waals surface area contributed by atoms with Crippen LogP contribution in [0.3, 0.4) is 0 Å². The number of nitrogens with zero attached hydrogens (tertiary/aromatic N) is 2. The Kier molecular flexibility index (Phi) is 4.08. The lowest BCUT2D eigenvalue weighted by molar-refractivity contribution is 1.14. The summed E-state index contributed by atoms with van der Waals surface area (Å²) in [5.41, 5.74) is 1.84. The summed E-state index contributed by atoms with van der Waals surface area (Å²) < 4.78 is 1.02. The summed E-state index contributed by atoms with van der Waals surface area (Å²) in [5.74, 6) is 0.687. The van der Waals surface area contributed by atoms with Crippen molar-refractivity contribution in [1.29, 1.82) is 0 Å². The molecule has 2 nitrogen and oxygen atoms in total. The third-order valence-corrected chi connectivity index (χ3v) is 4.52. The number of aromatic nitrogens is 2. The summed E-state index contributed by atoms with van der Waals surface area (Å²) in [4.78, 5) is 8.54. The molecule has 0 saturated carbocycles. The molecule has 84 valence electrons. The number of hydrogen-bond acceptors (Lipinski definition) is 4. The Morgan fingerprint density at radius 2 is 2.12 bits per heavy atom. The zero-order valence-electron chi connectivity index (χ0n) is 8.41. The van der Waals surface area contributed by atoms with E-state index in [1.54, 1.807) is 35.2 Å². The van der Waals surface area contributed by atoms with Gasteiger partial charge < -0.3 is 0 Å². The highest BCUT2D eigenvalue weighted by Crippen LogP contribution is 2.28. The van der Waals surface area contributed by atoms with Crippen molar-refractivity contribution >= 4 is 46.3 Å². The molecule has 2 aromatic heterocycles. The molecule has 0 amide bonds. The Bertz CT molecular complexity index is 499. The molecule has 0 aliphatic carbocycles. The number of thioether (sulfide) groups is 1. The number of hydrogen-bond donors (Lipinski definition) is 0. The van der Waals surface area contributed by atoms with E-state index in [-0.39, 0.29) is 0 Å². The molecule has 0 aliphatic rings. The van der Waals surface area contributed by atoms with Gasteiger partial charge in [-0.2, -0.15) is 0 Å². The van der Waals surface area contributed by atoms with Gasteiger partial charge in [0, 0.05) is 16.8 Å². The van der Waals surface area contributed by atoms with Crippen LogP contribution in [0.15, 0.2) is 21.9 Å². The van der Waals surface area contributed by atoms with E-state index in [4.69, 9.17) is 23.2 Å². The highest BCUT2D eigenvalue weighted by Gasteiger charge is 2.06. The fraction of sp³-hybridized carbons (Fsp3) is 0.200. The predicted octanol–water partition coefficient (Wildman–Crippen LogP) is 4.45. The minimum Gasteiger partial charge on any atom is -0.239 e. The van der Waals surface area contributed by atoms with Crippen molar-refractivity contribution in [3.8, 4) is 0 Å². The van der Waals surface area contributed by atoms with Gasteiger partial charge in [-0.15, -0.1) is 11.3 Å². The molecule has 2 aromatic rings. The maximum Gasteiger partial charge on any atom is 0.150 e. The SMILES string of the molecule is Cc1csc(SCc2nc(Cl)ccc2Cl)n1. The van der Waals surface area contributed by atoms with Crippen molar-refractivity contribution in [2.24, 2.45) is 0 Å². The minimum atomic E-state index is 0.468. The quantitative estimate of drug-likeness (QED) is 0.617. The second-order valence-electron chi connectivity index (χ2n) is 3.11. The molecule has 0 saturated heterocycles. The number of halogens is 2. The van der Waals surface area contributed by atoms with E-state index in [2.05, 4.69) is 9.97 Å². The number of pyridine rings is 1. The molecule has 2 rings (SSSR count). The first kappa shape index (κ1) is 12.2. The van der Waals surface area contributed by atoms with Crippen molar-refractivity contribution in [3.05, 3.63) is 39.1 Å². The van der Waals surface area contributed by atoms with Crippen molar-refractivity contribution in [2.45, 2.75) is 17.0 Å². The lowest BCUT2D eigenvalue weighted by Crippen LogP contribution is -1.88. The van der Waals surface area contributed by atoms with Gasteiger partial charge in [-0.25, -0.2) is 9.97 Å². The molecular weight excluding hydrogens is 283 g/mol. The molecule has 0 spiro atoms. The molecule has 0 unspecified atom stereocenters. The maximum absolute atomic E-state index is 6.02. The summed E-state index contributed by atoms with van der Waals surface area (Å²) in [6.45, 7) is 1.98. The van der Waals surface area contributed by atoms with Gasteiger partial charge in [-0.05, 0) is 19.1 Å². The molecular formula is C10H8Cl2N2S2. The highest BCUT2D eigenvalue weighted by molar-refractivity contribution is 8.00. The molecule has 16 heavy (non-hydrogen) atoms. The minimum absolute atomic E-state index is 0.468. The molecule has 0 radical (unpaired) electrons. The summed E-state index contributed by atoms with van der Waals surface area (Å²) in [6, 6.07) is 3.45. The fourth-order valence-electron chi connectivity index (χ4n) is 1.09. The normalized spacial score (nSPS) is 10.7. The van der Waals surface area contributed by atoms with E-state index in [1.807, 2.05) is 12.3 Å². The van der Waals surface area contributed by atoms with E-state index in [0.717, 1.165) is 15.7 Å². The standard InChI is InChI=1S/C10H8Cl2N2S2/c1-6-4-15-10(13-6)16-5-8-7(11)2-3-9(12)14-8/h2-4H,5H2,1H3. The van der Waals surface area contributed by atoms with Crippen LogP contribution in [0.4, 0.5) is 0 Å². The largest absolute Gasteiger partial charge is 0.239 e. The molecule has 0 bridgehead atoms. The molecule has 0 atom stereocenters. The van der Waals surface area contributed by atoms with E-state index in [1.165, 1.54) is 0 Å². The van der Waals surface area contributed by atoms with E-state index in [9.17, 15) is 0 Å². The maximum atomic E-state index is 6.02. The summed E-state index contributed by atoms with van der Waals surface area (Å²) in [7, 11) is 0. The number of aryl methyl sites for hydroxylation is 1. The Morgan fingerprint density at radius 1 is 1.31 bits per heavy atom. The van der Waals surface area contributed by atoms with Gasteiger partial charge in [-0.3, -0.25) is 0 Å². The third kappa shape index (κ3) is 3.10. The average molecular weight is 291 g/mol.